The van der Waals surface area contributed by atoms with Crippen LogP contribution in [0.1, 0.15) is 12.0 Å². The molecule has 0 aromatic heterocycles. The molecule has 1 amide bonds. The molecule has 0 saturated carbocycles. The van der Waals surface area contributed by atoms with Gasteiger partial charge in [0.05, 0.1) is 23.8 Å². The minimum absolute atomic E-state index is 0.133. The van der Waals surface area contributed by atoms with E-state index in [0.717, 1.165) is 49.1 Å². The third-order valence-electron chi connectivity index (χ3n) is 5.09. The Bertz CT molecular complexity index is 959. The van der Waals surface area contributed by atoms with E-state index in [9.17, 15) is 13.2 Å². The van der Waals surface area contributed by atoms with Crippen LogP contribution >= 0.6 is 11.6 Å². The number of halogens is 1. The molecule has 31 heavy (non-hydrogen) atoms. The predicted octanol–water partition coefficient (Wildman–Crippen LogP) is 2.68. The number of morpholine rings is 1. The predicted molar refractivity (Wildman–Crippen MR) is 122 cm³/mol. The maximum atomic E-state index is 13.3. The second-order valence-corrected chi connectivity index (χ2v) is 9.76. The third kappa shape index (κ3) is 6.67. The summed E-state index contributed by atoms with van der Waals surface area (Å²) < 4.78 is 33.0. The first kappa shape index (κ1) is 23.5. The van der Waals surface area contributed by atoms with Gasteiger partial charge in [0.2, 0.25) is 5.91 Å². The zero-order valence-electron chi connectivity index (χ0n) is 17.6. The lowest BCUT2D eigenvalue weighted by Crippen LogP contribution is -2.42. The lowest BCUT2D eigenvalue weighted by molar-refractivity contribution is -0.119. The first-order valence-corrected chi connectivity index (χ1v) is 12.1. The molecule has 1 fully saturated rings. The largest absolute Gasteiger partial charge is 0.379 e. The van der Waals surface area contributed by atoms with E-state index in [1.54, 1.807) is 48.5 Å². The molecule has 0 radical (unpaired) electrons. The van der Waals surface area contributed by atoms with Crippen molar-refractivity contribution in [3.8, 4) is 0 Å². The zero-order chi connectivity index (χ0) is 22.3. The van der Waals surface area contributed by atoms with Gasteiger partial charge >= 0.3 is 0 Å². The van der Waals surface area contributed by atoms with Crippen LogP contribution in [0.5, 0.6) is 0 Å². The molecule has 168 valence electrons. The number of carbonyl (C=O) groups excluding carboxylic acids is 1. The van der Waals surface area contributed by atoms with E-state index in [1.165, 1.54) is 0 Å². The number of aryl methyl sites for hydroxylation is 1. The number of hydrogen-bond acceptors (Lipinski definition) is 5. The number of amides is 1. The number of sulfonamides is 1. The third-order valence-corrected chi connectivity index (χ3v) is 7.13. The first-order chi connectivity index (χ1) is 14.9. The molecule has 3 rings (SSSR count). The molecule has 0 unspecified atom stereocenters. The van der Waals surface area contributed by atoms with Gasteiger partial charge in [-0.1, -0.05) is 29.3 Å². The van der Waals surface area contributed by atoms with Crippen LogP contribution in [0, 0.1) is 6.92 Å². The standard InChI is InChI=1S/C22H28ClN3O4S/c1-18-3-9-21(10-4-18)31(28,29)26(20-7-5-19(23)6-8-20)17-22(27)24-11-2-12-25-13-15-30-16-14-25/h3-10H,2,11-17H2,1H3,(H,24,27). The number of nitrogens with one attached hydrogen (secondary N) is 1. The quantitative estimate of drug-likeness (QED) is 0.576. The number of rotatable bonds is 9. The molecule has 0 aliphatic carbocycles. The number of nitrogens with zero attached hydrogens (tertiary/aromatic N) is 2. The average molecular weight is 466 g/mol. The molecule has 1 aliphatic heterocycles. The molecule has 1 aliphatic rings. The Balaban J connectivity index is 1.67. The summed E-state index contributed by atoms with van der Waals surface area (Å²) in [4.78, 5) is 15.0. The van der Waals surface area contributed by atoms with Gasteiger partial charge in [-0.3, -0.25) is 14.0 Å². The van der Waals surface area contributed by atoms with Crippen LogP contribution < -0.4 is 9.62 Å². The number of benzene rings is 2. The molecule has 0 spiro atoms. The molecule has 7 nitrogen and oxygen atoms in total. The number of carbonyl (C=O) groups is 1. The van der Waals surface area contributed by atoms with Crippen molar-refractivity contribution in [3.63, 3.8) is 0 Å². The van der Waals surface area contributed by atoms with Crippen molar-refractivity contribution in [2.24, 2.45) is 0 Å². The van der Waals surface area contributed by atoms with Gasteiger partial charge in [-0.25, -0.2) is 8.42 Å². The van der Waals surface area contributed by atoms with Crippen molar-refractivity contribution in [1.82, 2.24) is 10.2 Å². The minimum Gasteiger partial charge on any atom is -0.379 e. The van der Waals surface area contributed by atoms with Gasteiger partial charge in [-0.05, 0) is 56.3 Å². The maximum Gasteiger partial charge on any atom is 0.264 e. The van der Waals surface area contributed by atoms with Crippen molar-refractivity contribution in [1.29, 1.82) is 0 Å². The van der Waals surface area contributed by atoms with Gasteiger partial charge in [0, 0.05) is 24.7 Å². The zero-order valence-corrected chi connectivity index (χ0v) is 19.2. The normalized spacial score (nSPS) is 14.9. The van der Waals surface area contributed by atoms with Crippen LogP contribution in [0.3, 0.4) is 0 Å². The summed E-state index contributed by atoms with van der Waals surface area (Å²) in [5, 5.41) is 3.33. The van der Waals surface area contributed by atoms with Gasteiger partial charge in [-0.2, -0.15) is 0 Å². The van der Waals surface area contributed by atoms with Crippen LogP contribution in [0.4, 0.5) is 5.69 Å². The van der Waals surface area contributed by atoms with E-state index in [2.05, 4.69) is 10.2 Å². The Morgan fingerprint density at radius 3 is 2.39 bits per heavy atom. The fraction of sp³-hybridized carbons (Fsp3) is 0.409. The van der Waals surface area contributed by atoms with Crippen molar-refractivity contribution >= 4 is 33.2 Å². The van der Waals surface area contributed by atoms with E-state index < -0.39 is 10.0 Å². The Morgan fingerprint density at radius 1 is 1.10 bits per heavy atom. The van der Waals surface area contributed by atoms with Gasteiger partial charge in [0.1, 0.15) is 6.54 Å². The molecular weight excluding hydrogens is 438 g/mol. The number of hydrogen-bond donors (Lipinski definition) is 1. The highest BCUT2D eigenvalue weighted by Crippen LogP contribution is 2.25. The van der Waals surface area contributed by atoms with Crippen molar-refractivity contribution in [2.75, 3.05) is 50.2 Å². The minimum atomic E-state index is -3.92. The Morgan fingerprint density at radius 2 is 1.74 bits per heavy atom. The average Bonchev–Trinajstić information content (AvgIpc) is 2.77. The molecule has 1 N–H and O–H groups in total. The summed E-state index contributed by atoms with van der Waals surface area (Å²) in [7, 11) is -3.92. The Hall–Kier alpha value is -2.13. The highest BCUT2D eigenvalue weighted by atomic mass is 35.5. The van der Waals surface area contributed by atoms with E-state index in [1.807, 2.05) is 6.92 Å². The van der Waals surface area contributed by atoms with Crippen LogP contribution in [0.2, 0.25) is 5.02 Å². The van der Waals surface area contributed by atoms with E-state index >= 15 is 0 Å². The summed E-state index contributed by atoms with van der Waals surface area (Å²) in [6.07, 6.45) is 0.789. The summed E-state index contributed by atoms with van der Waals surface area (Å²) in [6.45, 7) is 6.19. The van der Waals surface area contributed by atoms with Crippen LogP contribution in [0.15, 0.2) is 53.4 Å². The first-order valence-electron chi connectivity index (χ1n) is 10.3. The van der Waals surface area contributed by atoms with E-state index in [-0.39, 0.29) is 17.3 Å². The lowest BCUT2D eigenvalue weighted by atomic mass is 10.2. The van der Waals surface area contributed by atoms with Crippen LogP contribution in [0.25, 0.3) is 0 Å². The summed E-state index contributed by atoms with van der Waals surface area (Å²) in [6, 6.07) is 13.0. The lowest BCUT2D eigenvalue weighted by Gasteiger charge is -2.26. The molecule has 1 saturated heterocycles. The molecule has 9 heteroatoms. The van der Waals surface area contributed by atoms with Crippen molar-refractivity contribution in [2.45, 2.75) is 18.2 Å². The van der Waals surface area contributed by atoms with Gasteiger partial charge in [0.15, 0.2) is 0 Å². The summed E-state index contributed by atoms with van der Waals surface area (Å²) in [5.74, 6) is -0.354. The molecule has 2 aromatic rings. The van der Waals surface area contributed by atoms with Crippen molar-refractivity contribution < 1.29 is 17.9 Å². The molecule has 1 heterocycles. The highest BCUT2D eigenvalue weighted by Gasteiger charge is 2.27. The van der Waals surface area contributed by atoms with Gasteiger partial charge in [0.25, 0.3) is 10.0 Å². The second-order valence-electron chi connectivity index (χ2n) is 7.46. The number of ether oxygens (including phenoxy) is 1. The Kier molecular flexibility index (Phi) is 8.31. The SMILES string of the molecule is Cc1ccc(S(=O)(=O)N(CC(=O)NCCCN2CCOCC2)c2ccc(Cl)cc2)cc1. The molecular formula is C22H28ClN3O4S. The fourth-order valence-corrected chi connectivity index (χ4v) is 4.85. The van der Waals surface area contributed by atoms with Gasteiger partial charge < -0.3 is 10.1 Å². The van der Waals surface area contributed by atoms with E-state index in [4.69, 9.17) is 16.3 Å². The summed E-state index contributed by atoms with van der Waals surface area (Å²) >= 11 is 5.96. The van der Waals surface area contributed by atoms with Gasteiger partial charge in [-0.15, -0.1) is 0 Å². The molecule has 0 atom stereocenters. The fourth-order valence-electron chi connectivity index (χ4n) is 3.30. The second kappa shape index (κ2) is 10.9. The highest BCUT2D eigenvalue weighted by molar-refractivity contribution is 7.92. The molecule has 2 aromatic carbocycles. The monoisotopic (exact) mass is 465 g/mol. The molecule has 0 bridgehead atoms. The van der Waals surface area contributed by atoms with Crippen molar-refractivity contribution in [3.05, 3.63) is 59.1 Å². The number of anilines is 1. The summed E-state index contributed by atoms with van der Waals surface area (Å²) in [5.41, 5.74) is 1.34. The van der Waals surface area contributed by atoms with E-state index in [0.29, 0.717) is 17.3 Å². The Labute approximate surface area is 189 Å². The topological polar surface area (TPSA) is 79.0 Å². The van der Waals surface area contributed by atoms with Crippen LogP contribution in [-0.2, 0) is 19.6 Å². The maximum absolute atomic E-state index is 13.3. The smallest absolute Gasteiger partial charge is 0.264 e. The van der Waals surface area contributed by atoms with Crippen LogP contribution in [-0.4, -0.2) is 65.2 Å².